The van der Waals surface area contributed by atoms with Crippen LogP contribution in [0, 0.1) is 13.8 Å². The maximum absolute atomic E-state index is 13.9. The number of aliphatic hydroxyl groups is 1. The van der Waals surface area contributed by atoms with Gasteiger partial charge in [-0.25, -0.2) is 12.4 Å². The van der Waals surface area contributed by atoms with Crippen molar-refractivity contribution in [2.75, 3.05) is 64.4 Å². The number of piperazine rings is 1. The molecule has 0 aliphatic carbocycles. The number of hydrogen-bond donors (Lipinski definition) is 1. The van der Waals surface area contributed by atoms with E-state index in [1.165, 1.54) is 9.66 Å². The molecule has 47 heavy (non-hydrogen) atoms. The quantitative estimate of drug-likeness (QED) is 0.263. The van der Waals surface area contributed by atoms with Crippen molar-refractivity contribution in [3.63, 3.8) is 0 Å². The number of aliphatic hydroxyl groups excluding tert-OH is 1. The highest BCUT2D eigenvalue weighted by Crippen LogP contribution is 2.36. The molecule has 2 fully saturated rings. The van der Waals surface area contributed by atoms with Gasteiger partial charge in [0, 0.05) is 72.9 Å². The number of fused-ring (bicyclic) bond motifs is 1. The van der Waals surface area contributed by atoms with Crippen molar-refractivity contribution in [3.05, 3.63) is 78.2 Å². The van der Waals surface area contributed by atoms with Crippen molar-refractivity contribution in [1.82, 2.24) is 33.8 Å². The minimum Gasteiger partial charge on any atom is -0.395 e. The molecule has 11 nitrogen and oxygen atoms in total. The molecular formula is C35H42N8O3S. The first-order valence-corrected chi connectivity index (χ1v) is 17.8. The topological polar surface area (TPSA) is 113 Å². The number of benzene rings is 2. The molecule has 2 saturated heterocycles. The van der Waals surface area contributed by atoms with E-state index in [-0.39, 0.29) is 17.1 Å². The Balaban J connectivity index is 1.29. The van der Waals surface area contributed by atoms with E-state index in [1.54, 1.807) is 36.5 Å². The number of aromatic nitrogens is 5. The van der Waals surface area contributed by atoms with E-state index in [9.17, 15) is 13.5 Å². The number of β-amino-alcohol motifs (C(OH)–C–C–N with tert-alkyl or cyclic N) is 1. The lowest BCUT2D eigenvalue weighted by molar-refractivity contribution is 0.188. The molecular weight excluding hydrogens is 613 g/mol. The van der Waals surface area contributed by atoms with Crippen molar-refractivity contribution in [2.24, 2.45) is 0 Å². The summed E-state index contributed by atoms with van der Waals surface area (Å²) >= 11 is 0. The van der Waals surface area contributed by atoms with Crippen LogP contribution in [0.1, 0.15) is 30.0 Å². The summed E-state index contributed by atoms with van der Waals surface area (Å²) in [6.45, 7) is 10.8. The van der Waals surface area contributed by atoms with Crippen LogP contribution in [0.3, 0.4) is 0 Å². The van der Waals surface area contributed by atoms with Crippen LogP contribution in [-0.2, 0) is 10.0 Å². The second-order valence-electron chi connectivity index (χ2n) is 12.9. The predicted octanol–water partition coefficient (Wildman–Crippen LogP) is 4.20. The zero-order valence-electron chi connectivity index (χ0n) is 27.2. The first kappa shape index (κ1) is 31.5. The van der Waals surface area contributed by atoms with E-state index in [0.717, 1.165) is 79.9 Å². The highest BCUT2D eigenvalue weighted by molar-refractivity contribution is 7.90. The smallest absolute Gasteiger partial charge is 0.269 e. The molecule has 0 saturated carbocycles. The Morgan fingerprint density at radius 3 is 2.26 bits per heavy atom. The van der Waals surface area contributed by atoms with Crippen LogP contribution >= 0.6 is 0 Å². The van der Waals surface area contributed by atoms with Crippen molar-refractivity contribution in [3.8, 4) is 22.4 Å². The fraction of sp³-hybridized carbons (Fsp3) is 0.400. The number of piperidine rings is 1. The van der Waals surface area contributed by atoms with E-state index in [1.807, 2.05) is 23.1 Å². The van der Waals surface area contributed by atoms with Gasteiger partial charge in [-0.3, -0.25) is 9.58 Å². The monoisotopic (exact) mass is 654 g/mol. The first-order valence-electron chi connectivity index (χ1n) is 16.3. The molecule has 246 valence electrons. The van der Waals surface area contributed by atoms with Gasteiger partial charge < -0.3 is 14.9 Å². The third-order valence-corrected chi connectivity index (χ3v) is 11.4. The first-order chi connectivity index (χ1) is 22.7. The van der Waals surface area contributed by atoms with E-state index in [2.05, 4.69) is 57.9 Å². The Labute approximate surface area is 276 Å². The SMILES string of the molecule is Cc1cc(-c2cc3c(-c4cnn(C5CCN(C)CC5)c4)cn(S(=O)(=O)c4ccccc4)c3nn2)cc(C)c1N1CCN(CCO)CC1. The molecule has 2 aliphatic rings. The number of rotatable bonds is 8. The number of nitrogens with zero attached hydrogens (tertiary/aromatic N) is 8. The number of likely N-dealkylation sites (tertiary alicyclic amines) is 1. The van der Waals surface area contributed by atoms with Gasteiger partial charge in [-0.1, -0.05) is 18.2 Å². The normalized spacial score (nSPS) is 17.1. The van der Waals surface area contributed by atoms with Crippen LogP contribution in [0.25, 0.3) is 33.4 Å². The molecule has 3 aromatic heterocycles. The summed E-state index contributed by atoms with van der Waals surface area (Å²) in [5.41, 5.74) is 7.03. The summed E-state index contributed by atoms with van der Waals surface area (Å²) in [4.78, 5) is 7.24. The third kappa shape index (κ3) is 6.06. The maximum Gasteiger partial charge on any atom is 0.269 e. The molecule has 2 aliphatic heterocycles. The second kappa shape index (κ2) is 12.8. The van der Waals surface area contributed by atoms with Gasteiger partial charge in [0.2, 0.25) is 0 Å². The minimum absolute atomic E-state index is 0.183. The Morgan fingerprint density at radius 1 is 0.872 bits per heavy atom. The molecule has 0 bridgehead atoms. The molecule has 0 amide bonds. The molecule has 7 rings (SSSR count). The molecule has 0 atom stereocenters. The van der Waals surface area contributed by atoms with Crippen molar-refractivity contribution < 1.29 is 13.5 Å². The Hall–Kier alpha value is -4.10. The molecule has 5 heterocycles. The molecule has 0 radical (unpaired) electrons. The van der Waals surface area contributed by atoms with Crippen molar-refractivity contribution in [1.29, 1.82) is 0 Å². The van der Waals surface area contributed by atoms with Gasteiger partial charge in [0.25, 0.3) is 10.0 Å². The van der Waals surface area contributed by atoms with Crippen LogP contribution < -0.4 is 4.90 Å². The number of hydrogen-bond acceptors (Lipinski definition) is 9. The van der Waals surface area contributed by atoms with E-state index in [0.29, 0.717) is 23.7 Å². The summed E-state index contributed by atoms with van der Waals surface area (Å²) in [7, 11) is -1.79. The maximum atomic E-state index is 13.9. The van der Waals surface area contributed by atoms with Crippen LogP contribution in [0.2, 0.25) is 0 Å². The molecule has 2 aromatic carbocycles. The molecule has 12 heteroatoms. The largest absolute Gasteiger partial charge is 0.395 e. The Kier molecular flexibility index (Phi) is 8.60. The summed E-state index contributed by atoms with van der Waals surface area (Å²) in [6, 6.07) is 15.0. The fourth-order valence-corrected chi connectivity index (χ4v) is 8.46. The van der Waals surface area contributed by atoms with Gasteiger partial charge in [-0.2, -0.15) is 5.10 Å². The fourth-order valence-electron chi connectivity index (χ4n) is 7.13. The van der Waals surface area contributed by atoms with Crippen LogP contribution in [0.5, 0.6) is 0 Å². The summed E-state index contributed by atoms with van der Waals surface area (Å²) in [5.74, 6) is 0. The average Bonchev–Trinajstić information content (AvgIpc) is 3.72. The van der Waals surface area contributed by atoms with E-state index >= 15 is 0 Å². The lowest BCUT2D eigenvalue weighted by atomic mass is 9.99. The second-order valence-corrected chi connectivity index (χ2v) is 14.7. The van der Waals surface area contributed by atoms with Crippen LogP contribution in [-0.4, -0.2) is 107 Å². The number of anilines is 1. The van der Waals surface area contributed by atoms with E-state index < -0.39 is 10.0 Å². The van der Waals surface area contributed by atoms with Gasteiger partial charge in [-0.05, 0) is 88.3 Å². The van der Waals surface area contributed by atoms with Gasteiger partial charge in [0.1, 0.15) is 0 Å². The lowest BCUT2D eigenvalue weighted by Crippen LogP contribution is -2.47. The highest BCUT2D eigenvalue weighted by atomic mass is 32.2. The molecule has 0 spiro atoms. The summed E-state index contributed by atoms with van der Waals surface area (Å²) < 4.78 is 31.1. The summed E-state index contributed by atoms with van der Waals surface area (Å²) in [6.07, 6.45) is 7.57. The standard InChI is InChI=1S/C35H42N8O3S/c1-25-19-27(20-26(2)34(25)41-15-13-40(14-16-41)17-18-44)33-21-31-32(28-22-36-42(23-28)29-9-11-39(3)12-10-29)24-43(35(31)38-37-33)47(45,46)30-7-5-4-6-8-30/h4-8,19-24,29,44H,9-18H2,1-3H3. The van der Waals surface area contributed by atoms with Gasteiger partial charge in [0.05, 0.1) is 29.4 Å². The molecule has 1 N–H and O–H groups in total. The van der Waals surface area contributed by atoms with Crippen LogP contribution in [0.15, 0.2) is 72.0 Å². The van der Waals surface area contributed by atoms with Gasteiger partial charge in [0.15, 0.2) is 5.65 Å². The molecule has 0 unspecified atom stereocenters. The highest BCUT2D eigenvalue weighted by Gasteiger charge is 2.26. The lowest BCUT2D eigenvalue weighted by Gasteiger charge is -2.37. The van der Waals surface area contributed by atoms with Crippen molar-refractivity contribution in [2.45, 2.75) is 37.6 Å². The van der Waals surface area contributed by atoms with E-state index in [4.69, 9.17) is 5.10 Å². The summed E-state index contributed by atoms with van der Waals surface area (Å²) in [5, 5.41) is 23.9. The third-order valence-electron chi connectivity index (χ3n) is 9.69. The van der Waals surface area contributed by atoms with Gasteiger partial charge >= 0.3 is 0 Å². The average molecular weight is 655 g/mol. The minimum atomic E-state index is -3.93. The van der Waals surface area contributed by atoms with Crippen LogP contribution in [0.4, 0.5) is 5.69 Å². The Morgan fingerprint density at radius 2 is 1.57 bits per heavy atom. The Bertz CT molecular complexity index is 1970. The predicted molar refractivity (Wildman–Crippen MR) is 184 cm³/mol. The number of aryl methyl sites for hydroxylation is 2. The zero-order valence-corrected chi connectivity index (χ0v) is 28.1. The zero-order chi connectivity index (χ0) is 32.7. The van der Waals surface area contributed by atoms with Crippen molar-refractivity contribution >= 4 is 26.7 Å². The van der Waals surface area contributed by atoms with Gasteiger partial charge in [-0.15, -0.1) is 10.2 Å². The molecule has 5 aromatic rings.